The van der Waals surface area contributed by atoms with E-state index in [2.05, 4.69) is 15.5 Å². The van der Waals surface area contributed by atoms with E-state index >= 15 is 0 Å². The molecule has 7 heteroatoms. The Morgan fingerprint density at radius 1 is 1.07 bits per heavy atom. The van der Waals surface area contributed by atoms with Gasteiger partial charge in [0.15, 0.2) is 0 Å². The molecule has 4 rings (SSSR count). The largest absolute Gasteiger partial charge is 0.489 e. The fraction of sp³-hybridized carbons (Fsp3) is 0.0435. The van der Waals surface area contributed by atoms with Crippen LogP contribution in [-0.2, 0) is 6.61 Å². The predicted molar refractivity (Wildman–Crippen MR) is 121 cm³/mol. The summed E-state index contributed by atoms with van der Waals surface area (Å²) in [6, 6.07) is 21.7. The van der Waals surface area contributed by atoms with Crippen molar-refractivity contribution in [3.63, 3.8) is 0 Å². The van der Waals surface area contributed by atoms with Crippen LogP contribution in [0.4, 0.5) is 9.52 Å². The van der Waals surface area contributed by atoms with Gasteiger partial charge in [-0.05, 0) is 42.0 Å². The van der Waals surface area contributed by atoms with Crippen molar-refractivity contribution in [3.05, 3.63) is 100 Å². The van der Waals surface area contributed by atoms with Crippen LogP contribution in [0.25, 0.3) is 11.3 Å². The van der Waals surface area contributed by atoms with Gasteiger partial charge in [0.2, 0.25) is 5.13 Å². The number of hydrogen-bond donors (Lipinski definition) is 1. The maximum Gasteiger partial charge on any atom is 0.203 e. The van der Waals surface area contributed by atoms with E-state index in [-0.39, 0.29) is 12.4 Å². The lowest BCUT2D eigenvalue weighted by atomic mass is 10.2. The van der Waals surface area contributed by atoms with Crippen LogP contribution >= 0.6 is 22.9 Å². The van der Waals surface area contributed by atoms with Crippen LogP contribution in [0.3, 0.4) is 0 Å². The number of benzene rings is 3. The molecule has 0 amide bonds. The Hall–Kier alpha value is -3.22. The van der Waals surface area contributed by atoms with Crippen molar-refractivity contribution in [2.75, 3.05) is 5.43 Å². The summed E-state index contributed by atoms with van der Waals surface area (Å²) in [5, 5.41) is 7.31. The van der Waals surface area contributed by atoms with E-state index in [1.54, 1.807) is 12.3 Å². The lowest BCUT2D eigenvalue weighted by Gasteiger charge is -2.08. The molecule has 4 nitrogen and oxygen atoms in total. The topological polar surface area (TPSA) is 46.5 Å². The first-order valence-electron chi connectivity index (χ1n) is 9.14. The number of anilines is 1. The molecule has 1 aromatic heterocycles. The quantitative estimate of drug-likeness (QED) is 0.261. The second-order valence-corrected chi connectivity index (χ2v) is 7.63. The van der Waals surface area contributed by atoms with Crippen LogP contribution < -0.4 is 10.2 Å². The van der Waals surface area contributed by atoms with Gasteiger partial charge in [-0.3, -0.25) is 5.43 Å². The fourth-order valence-corrected chi connectivity index (χ4v) is 3.57. The van der Waals surface area contributed by atoms with Gasteiger partial charge >= 0.3 is 0 Å². The molecule has 0 fully saturated rings. The summed E-state index contributed by atoms with van der Waals surface area (Å²) in [4.78, 5) is 4.53. The third-order valence-corrected chi connectivity index (χ3v) is 5.34. The van der Waals surface area contributed by atoms with Crippen molar-refractivity contribution in [3.8, 4) is 17.0 Å². The number of halogens is 2. The molecule has 0 saturated carbocycles. The second-order valence-electron chi connectivity index (χ2n) is 6.37. The van der Waals surface area contributed by atoms with Crippen LogP contribution in [0.1, 0.15) is 11.1 Å². The van der Waals surface area contributed by atoms with Crippen molar-refractivity contribution >= 4 is 34.3 Å². The molecule has 1 N–H and O–H groups in total. The first-order valence-corrected chi connectivity index (χ1v) is 10.4. The van der Waals surface area contributed by atoms with Gasteiger partial charge in [0.1, 0.15) is 18.2 Å². The number of hydrogen-bond acceptors (Lipinski definition) is 5. The van der Waals surface area contributed by atoms with Crippen LogP contribution in [0, 0.1) is 5.82 Å². The zero-order chi connectivity index (χ0) is 20.8. The number of ether oxygens (including phenoxy) is 1. The minimum Gasteiger partial charge on any atom is -0.489 e. The van der Waals surface area contributed by atoms with Crippen LogP contribution in [0.15, 0.2) is 83.3 Å². The molecule has 0 radical (unpaired) electrons. The van der Waals surface area contributed by atoms with Crippen LogP contribution in [0.2, 0.25) is 5.02 Å². The molecule has 0 aliphatic heterocycles. The minimum absolute atomic E-state index is 0.266. The van der Waals surface area contributed by atoms with E-state index in [1.807, 2.05) is 60.0 Å². The number of aromatic nitrogens is 1. The Morgan fingerprint density at radius 2 is 1.87 bits per heavy atom. The molecule has 30 heavy (non-hydrogen) atoms. The highest BCUT2D eigenvalue weighted by Crippen LogP contribution is 2.24. The summed E-state index contributed by atoms with van der Waals surface area (Å²) >= 11 is 7.51. The highest BCUT2D eigenvalue weighted by atomic mass is 35.5. The highest BCUT2D eigenvalue weighted by Gasteiger charge is 2.04. The van der Waals surface area contributed by atoms with Gasteiger partial charge in [-0.25, -0.2) is 9.37 Å². The maximum absolute atomic E-state index is 13.1. The van der Waals surface area contributed by atoms with Gasteiger partial charge in [0, 0.05) is 16.5 Å². The Kier molecular flexibility index (Phi) is 6.37. The van der Waals surface area contributed by atoms with Crippen molar-refractivity contribution < 1.29 is 9.13 Å². The van der Waals surface area contributed by atoms with Crippen molar-refractivity contribution in [1.29, 1.82) is 0 Å². The van der Waals surface area contributed by atoms with Gasteiger partial charge < -0.3 is 4.74 Å². The minimum atomic E-state index is -0.366. The smallest absolute Gasteiger partial charge is 0.203 e. The van der Waals surface area contributed by atoms with Gasteiger partial charge in [-0.2, -0.15) is 5.10 Å². The first kappa shape index (κ1) is 20.1. The van der Waals surface area contributed by atoms with Gasteiger partial charge in [-0.1, -0.05) is 48.0 Å². The van der Waals surface area contributed by atoms with E-state index in [0.717, 1.165) is 27.5 Å². The van der Waals surface area contributed by atoms with Gasteiger partial charge in [0.25, 0.3) is 0 Å². The summed E-state index contributed by atoms with van der Waals surface area (Å²) in [6.07, 6.45) is 1.71. The molecular formula is C23H17ClFN3OS. The maximum atomic E-state index is 13.1. The average Bonchev–Trinajstić information content (AvgIpc) is 3.24. The third-order valence-electron chi connectivity index (χ3n) is 4.24. The van der Waals surface area contributed by atoms with Crippen molar-refractivity contribution in [2.24, 2.45) is 5.10 Å². The zero-order valence-electron chi connectivity index (χ0n) is 15.8. The molecule has 1 heterocycles. The lowest BCUT2D eigenvalue weighted by Crippen LogP contribution is -1.97. The Balaban J connectivity index is 1.31. The van der Waals surface area contributed by atoms with Gasteiger partial charge in [-0.15, -0.1) is 11.3 Å². The molecule has 0 aliphatic rings. The molecule has 0 aliphatic carbocycles. The van der Waals surface area contributed by atoms with E-state index in [1.165, 1.54) is 23.5 Å². The number of rotatable bonds is 7. The van der Waals surface area contributed by atoms with Crippen LogP contribution in [0.5, 0.6) is 5.75 Å². The number of nitrogens with one attached hydrogen (secondary N) is 1. The molecule has 0 atom stereocenters. The Morgan fingerprint density at radius 3 is 2.63 bits per heavy atom. The fourth-order valence-electron chi connectivity index (χ4n) is 2.68. The van der Waals surface area contributed by atoms with Crippen molar-refractivity contribution in [1.82, 2.24) is 4.98 Å². The van der Waals surface area contributed by atoms with E-state index in [9.17, 15) is 4.39 Å². The highest BCUT2D eigenvalue weighted by molar-refractivity contribution is 7.14. The predicted octanol–water partition coefficient (Wildman–Crippen LogP) is 6.63. The standard InChI is InChI=1S/C23H17ClFN3OS/c24-21-12-19(25)9-8-18(21)14-29-20-10-6-16(7-11-20)13-26-28-23-27-22(15-30-23)17-4-2-1-3-5-17/h1-13,15H,14H2,(H,27,28). The number of hydrazone groups is 1. The molecular weight excluding hydrogens is 421 g/mol. The number of nitrogens with zero attached hydrogens (tertiary/aromatic N) is 2. The SMILES string of the molecule is Fc1ccc(COc2ccc(C=NNc3nc(-c4ccccc4)cs3)cc2)c(Cl)c1. The summed E-state index contributed by atoms with van der Waals surface area (Å²) in [7, 11) is 0. The Bertz CT molecular complexity index is 1150. The first-order chi connectivity index (χ1) is 14.7. The summed E-state index contributed by atoms with van der Waals surface area (Å²) in [5.74, 6) is 0.322. The van der Waals surface area contributed by atoms with E-state index < -0.39 is 0 Å². The molecule has 3 aromatic carbocycles. The van der Waals surface area contributed by atoms with E-state index in [4.69, 9.17) is 16.3 Å². The molecule has 0 bridgehead atoms. The Labute approximate surface area is 182 Å². The second kappa shape index (κ2) is 9.52. The molecule has 0 spiro atoms. The molecule has 150 valence electrons. The van der Waals surface area contributed by atoms with Gasteiger partial charge in [0.05, 0.1) is 16.9 Å². The number of thiazole rings is 1. The summed E-state index contributed by atoms with van der Waals surface area (Å²) in [5.41, 5.74) is 6.59. The molecule has 0 unspecified atom stereocenters. The monoisotopic (exact) mass is 437 g/mol. The third kappa shape index (κ3) is 5.23. The zero-order valence-corrected chi connectivity index (χ0v) is 17.3. The summed E-state index contributed by atoms with van der Waals surface area (Å²) < 4.78 is 18.8. The van der Waals surface area contributed by atoms with Crippen molar-refractivity contribution in [2.45, 2.75) is 6.61 Å². The summed E-state index contributed by atoms with van der Waals surface area (Å²) in [6.45, 7) is 0.266. The molecule has 0 saturated heterocycles. The average molecular weight is 438 g/mol. The molecule has 4 aromatic rings. The lowest BCUT2D eigenvalue weighted by molar-refractivity contribution is 0.306. The normalized spacial score (nSPS) is 11.0. The van der Waals surface area contributed by atoms with Crippen LogP contribution in [-0.4, -0.2) is 11.2 Å². The van der Waals surface area contributed by atoms with E-state index in [0.29, 0.717) is 10.8 Å².